The molecule has 4 atom stereocenters. The Morgan fingerprint density at radius 1 is 1.17 bits per heavy atom. The summed E-state index contributed by atoms with van der Waals surface area (Å²) in [6.07, 6.45) is 3.53. The molecule has 1 aliphatic carbocycles. The van der Waals surface area contributed by atoms with Crippen LogP contribution in [0.1, 0.15) is 45.6 Å². The summed E-state index contributed by atoms with van der Waals surface area (Å²) in [5, 5.41) is 8.51. The molecule has 1 aromatic rings. The lowest BCUT2D eigenvalue weighted by Crippen LogP contribution is -2.53. The number of nitrogens with one attached hydrogen (secondary N) is 3. The molecule has 3 N–H and O–H groups in total. The van der Waals surface area contributed by atoms with Gasteiger partial charge < -0.3 is 10.6 Å². The molecule has 1 aromatic carbocycles. The van der Waals surface area contributed by atoms with Gasteiger partial charge in [0.2, 0.25) is 5.91 Å². The Balaban J connectivity index is 1.75. The third-order valence-corrected chi connectivity index (χ3v) is 5.10. The van der Waals surface area contributed by atoms with E-state index in [4.69, 9.17) is 0 Å². The molecule has 24 heavy (non-hydrogen) atoms. The molecule has 1 fully saturated rings. The predicted molar refractivity (Wildman–Crippen MR) is 95.4 cm³/mol. The van der Waals surface area contributed by atoms with Crippen LogP contribution in [-0.2, 0) is 11.3 Å². The summed E-state index contributed by atoms with van der Waals surface area (Å²) in [5.74, 6) is 0.924. The number of urea groups is 1. The molecule has 0 radical (unpaired) electrons. The maximum Gasteiger partial charge on any atom is 0.321 e. The van der Waals surface area contributed by atoms with E-state index in [1.165, 1.54) is 12.8 Å². The molecule has 2 rings (SSSR count). The minimum absolute atomic E-state index is 0.286. The van der Waals surface area contributed by atoms with Gasteiger partial charge in [0.15, 0.2) is 0 Å². The molecular weight excluding hydrogens is 302 g/mol. The number of hydrogen-bond donors (Lipinski definition) is 3. The smallest absolute Gasteiger partial charge is 0.321 e. The second kappa shape index (κ2) is 8.83. The average molecular weight is 331 g/mol. The highest BCUT2D eigenvalue weighted by Crippen LogP contribution is 2.29. The number of rotatable bonds is 5. The van der Waals surface area contributed by atoms with Crippen LogP contribution >= 0.6 is 0 Å². The van der Waals surface area contributed by atoms with Gasteiger partial charge in [-0.05, 0) is 30.7 Å². The lowest BCUT2D eigenvalue weighted by atomic mass is 9.78. The van der Waals surface area contributed by atoms with Crippen molar-refractivity contribution in [3.8, 4) is 0 Å². The van der Waals surface area contributed by atoms with Crippen LogP contribution in [-0.4, -0.2) is 24.0 Å². The van der Waals surface area contributed by atoms with E-state index in [-0.39, 0.29) is 11.9 Å². The molecule has 1 aliphatic rings. The molecule has 0 aliphatic heterocycles. The first-order chi connectivity index (χ1) is 11.5. The van der Waals surface area contributed by atoms with E-state index in [1.54, 1.807) is 0 Å². The van der Waals surface area contributed by atoms with Gasteiger partial charge in [0, 0.05) is 12.6 Å². The Morgan fingerprint density at radius 2 is 1.88 bits per heavy atom. The van der Waals surface area contributed by atoms with Crippen LogP contribution in [0.25, 0.3) is 0 Å². The predicted octanol–water partition coefficient (Wildman–Crippen LogP) is 2.82. The Kier molecular flexibility index (Phi) is 6.79. The summed E-state index contributed by atoms with van der Waals surface area (Å²) < 4.78 is 0. The molecule has 5 nitrogen and oxygen atoms in total. The summed E-state index contributed by atoms with van der Waals surface area (Å²) in [6, 6.07) is 9.11. The van der Waals surface area contributed by atoms with Crippen LogP contribution in [0.4, 0.5) is 4.79 Å². The van der Waals surface area contributed by atoms with E-state index in [0.717, 1.165) is 12.0 Å². The fourth-order valence-electron chi connectivity index (χ4n) is 3.26. The summed E-state index contributed by atoms with van der Waals surface area (Å²) >= 11 is 0. The van der Waals surface area contributed by atoms with Gasteiger partial charge in [0.05, 0.1) is 6.04 Å². The van der Waals surface area contributed by atoms with Gasteiger partial charge in [0.25, 0.3) is 0 Å². The summed E-state index contributed by atoms with van der Waals surface area (Å²) in [4.78, 5) is 24.1. The van der Waals surface area contributed by atoms with Crippen LogP contribution in [0.5, 0.6) is 0 Å². The summed E-state index contributed by atoms with van der Waals surface area (Å²) in [7, 11) is 0. The topological polar surface area (TPSA) is 70.2 Å². The number of benzene rings is 1. The molecule has 0 bridgehead atoms. The van der Waals surface area contributed by atoms with E-state index in [0.29, 0.717) is 24.4 Å². The Hall–Kier alpha value is -1.88. The van der Waals surface area contributed by atoms with Gasteiger partial charge in [-0.3, -0.25) is 10.1 Å². The van der Waals surface area contributed by atoms with Gasteiger partial charge >= 0.3 is 6.03 Å². The van der Waals surface area contributed by atoms with E-state index < -0.39 is 6.03 Å². The van der Waals surface area contributed by atoms with Gasteiger partial charge in [-0.15, -0.1) is 0 Å². The molecular formula is C19H29N3O2. The van der Waals surface area contributed by atoms with E-state index in [9.17, 15) is 9.59 Å². The van der Waals surface area contributed by atoms with Crippen LogP contribution in [0.15, 0.2) is 30.3 Å². The zero-order chi connectivity index (χ0) is 17.5. The Bertz CT molecular complexity index is 547. The number of amides is 3. The Morgan fingerprint density at radius 3 is 2.58 bits per heavy atom. The highest BCUT2D eigenvalue weighted by molar-refractivity contribution is 5.96. The fraction of sp³-hybridized carbons (Fsp3) is 0.579. The van der Waals surface area contributed by atoms with Gasteiger partial charge in [-0.2, -0.15) is 0 Å². The van der Waals surface area contributed by atoms with Crippen LogP contribution in [0.3, 0.4) is 0 Å². The first-order valence-corrected chi connectivity index (χ1v) is 8.86. The summed E-state index contributed by atoms with van der Waals surface area (Å²) in [5.41, 5.74) is 0.997. The molecule has 3 amide bonds. The van der Waals surface area contributed by atoms with E-state index >= 15 is 0 Å². The van der Waals surface area contributed by atoms with Crippen LogP contribution in [0, 0.1) is 11.8 Å². The molecule has 4 unspecified atom stereocenters. The molecule has 5 heteroatoms. The second-order valence-electron chi connectivity index (χ2n) is 6.92. The minimum atomic E-state index is -0.456. The third kappa shape index (κ3) is 5.34. The third-order valence-electron chi connectivity index (χ3n) is 5.10. The van der Waals surface area contributed by atoms with Crippen molar-refractivity contribution in [3.63, 3.8) is 0 Å². The fourth-order valence-corrected chi connectivity index (χ4v) is 3.26. The molecule has 132 valence electrons. The molecule has 0 heterocycles. The van der Waals surface area contributed by atoms with Crippen molar-refractivity contribution in [2.75, 3.05) is 0 Å². The van der Waals surface area contributed by atoms with E-state index in [1.807, 2.05) is 37.3 Å². The zero-order valence-corrected chi connectivity index (χ0v) is 14.8. The van der Waals surface area contributed by atoms with Crippen molar-refractivity contribution >= 4 is 11.9 Å². The Labute approximate surface area is 144 Å². The molecule has 0 saturated heterocycles. The first-order valence-electron chi connectivity index (χ1n) is 8.86. The number of carbonyl (C=O) groups excluding carboxylic acids is 2. The van der Waals surface area contributed by atoms with Crippen molar-refractivity contribution in [3.05, 3.63) is 35.9 Å². The van der Waals surface area contributed by atoms with Crippen molar-refractivity contribution in [2.24, 2.45) is 11.8 Å². The maximum atomic E-state index is 12.2. The number of carbonyl (C=O) groups is 2. The molecule has 0 spiro atoms. The standard InChI is InChI=1S/C19H29N3O2/c1-13-8-7-11-17(14(13)2)21-15(3)18(23)22-19(24)20-12-16-9-5-4-6-10-16/h4-6,9-10,13-15,17,21H,7-8,11-12H2,1-3H3,(H2,20,22,23,24). The minimum Gasteiger partial charge on any atom is -0.334 e. The van der Waals surface area contributed by atoms with Gasteiger partial charge in [-0.25, -0.2) is 4.79 Å². The lowest BCUT2D eigenvalue weighted by molar-refractivity contribution is -0.122. The first kappa shape index (κ1) is 18.5. The average Bonchev–Trinajstić information content (AvgIpc) is 2.58. The van der Waals surface area contributed by atoms with Crippen molar-refractivity contribution in [1.82, 2.24) is 16.0 Å². The van der Waals surface area contributed by atoms with Crippen LogP contribution in [0.2, 0.25) is 0 Å². The van der Waals surface area contributed by atoms with Crippen LogP contribution < -0.4 is 16.0 Å². The van der Waals surface area contributed by atoms with E-state index in [2.05, 4.69) is 29.8 Å². The SMILES string of the molecule is CC(NC1CCCC(C)C1C)C(=O)NC(=O)NCc1ccccc1. The number of hydrogen-bond acceptors (Lipinski definition) is 3. The second-order valence-corrected chi connectivity index (χ2v) is 6.92. The molecule has 0 aromatic heterocycles. The largest absolute Gasteiger partial charge is 0.334 e. The lowest BCUT2D eigenvalue weighted by Gasteiger charge is -2.36. The highest BCUT2D eigenvalue weighted by atomic mass is 16.2. The van der Waals surface area contributed by atoms with Crippen molar-refractivity contribution < 1.29 is 9.59 Å². The number of imide groups is 1. The van der Waals surface area contributed by atoms with Crippen molar-refractivity contribution in [1.29, 1.82) is 0 Å². The highest BCUT2D eigenvalue weighted by Gasteiger charge is 2.29. The summed E-state index contributed by atoms with van der Waals surface area (Å²) in [6.45, 7) is 6.71. The zero-order valence-electron chi connectivity index (χ0n) is 14.8. The monoisotopic (exact) mass is 331 g/mol. The quantitative estimate of drug-likeness (QED) is 0.777. The maximum absolute atomic E-state index is 12.2. The van der Waals surface area contributed by atoms with Gasteiger partial charge in [0.1, 0.15) is 0 Å². The van der Waals surface area contributed by atoms with Gasteiger partial charge in [-0.1, -0.05) is 57.0 Å². The normalized spacial score (nSPS) is 24.9. The van der Waals surface area contributed by atoms with Crippen molar-refractivity contribution in [2.45, 2.75) is 58.7 Å². The molecule has 1 saturated carbocycles.